The van der Waals surface area contributed by atoms with Crippen LogP contribution in [0.1, 0.15) is 62.6 Å². The Labute approximate surface area is 160 Å². The lowest BCUT2D eigenvalue weighted by molar-refractivity contribution is -0.134. The highest BCUT2D eigenvalue weighted by molar-refractivity contribution is 5.82. The predicted octanol–water partition coefficient (Wildman–Crippen LogP) is 1.46. The molecule has 7 nitrogen and oxygen atoms in total. The van der Waals surface area contributed by atoms with Gasteiger partial charge in [-0.2, -0.15) is 4.98 Å². The number of nitrogens with zero attached hydrogens (tertiary/aromatic N) is 3. The Morgan fingerprint density at radius 3 is 2.70 bits per heavy atom. The van der Waals surface area contributed by atoms with E-state index in [4.69, 9.17) is 4.52 Å². The van der Waals surface area contributed by atoms with Crippen molar-refractivity contribution in [2.24, 2.45) is 11.3 Å². The maximum atomic E-state index is 13.0. The minimum absolute atomic E-state index is 0.0259. The van der Waals surface area contributed by atoms with Gasteiger partial charge in [-0.25, -0.2) is 0 Å². The lowest BCUT2D eigenvalue weighted by Gasteiger charge is -2.35. The molecule has 2 N–H and O–H groups in total. The highest BCUT2D eigenvalue weighted by atomic mass is 16.5. The minimum atomic E-state index is 0.0259. The molecule has 5 rings (SSSR count). The van der Waals surface area contributed by atoms with E-state index >= 15 is 0 Å². The average molecular weight is 374 g/mol. The second-order valence-corrected chi connectivity index (χ2v) is 9.18. The number of carbonyl (C=O) groups excluding carboxylic acids is 1. The van der Waals surface area contributed by atoms with Gasteiger partial charge in [-0.3, -0.25) is 4.79 Å². The number of aromatic nitrogens is 2. The maximum Gasteiger partial charge on any atom is 0.239 e. The van der Waals surface area contributed by atoms with E-state index in [1.54, 1.807) is 0 Å². The summed E-state index contributed by atoms with van der Waals surface area (Å²) < 4.78 is 5.37. The first-order valence-corrected chi connectivity index (χ1v) is 10.8. The zero-order chi connectivity index (χ0) is 18.3. The topological polar surface area (TPSA) is 83.3 Å². The van der Waals surface area contributed by atoms with Crippen molar-refractivity contribution < 1.29 is 9.32 Å². The predicted molar refractivity (Wildman–Crippen MR) is 100 cm³/mol. The molecular weight excluding hydrogens is 342 g/mol. The van der Waals surface area contributed by atoms with Gasteiger partial charge in [0, 0.05) is 32.0 Å². The van der Waals surface area contributed by atoms with Gasteiger partial charge in [0.2, 0.25) is 11.8 Å². The van der Waals surface area contributed by atoms with Crippen molar-refractivity contribution >= 4 is 5.91 Å². The summed E-state index contributed by atoms with van der Waals surface area (Å²) in [4.78, 5) is 19.6. The Kier molecular flexibility index (Phi) is 4.68. The third kappa shape index (κ3) is 3.76. The maximum absolute atomic E-state index is 13.0. The molecule has 1 aliphatic carbocycles. The molecule has 1 aromatic heterocycles. The first-order valence-electron chi connectivity index (χ1n) is 10.8. The average Bonchev–Trinajstić information content (AvgIpc) is 3.32. The summed E-state index contributed by atoms with van der Waals surface area (Å²) in [5.74, 6) is 3.09. The summed E-state index contributed by atoms with van der Waals surface area (Å²) >= 11 is 0. The van der Waals surface area contributed by atoms with Crippen LogP contribution in [0.4, 0.5) is 0 Å². The van der Waals surface area contributed by atoms with Crippen molar-refractivity contribution in [1.29, 1.82) is 0 Å². The molecule has 7 heteroatoms. The van der Waals surface area contributed by atoms with E-state index < -0.39 is 0 Å². The summed E-state index contributed by atoms with van der Waals surface area (Å²) in [5.41, 5.74) is 0.349. The first-order chi connectivity index (χ1) is 13.2. The second-order valence-electron chi connectivity index (χ2n) is 9.18. The number of nitrogens with one attached hydrogen (secondary N) is 2. The molecule has 3 aliphatic heterocycles. The lowest BCUT2D eigenvalue weighted by Crippen LogP contribution is -2.47. The summed E-state index contributed by atoms with van der Waals surface area (Å²) in [6.07, 6.45) is 8.75. The van der Waals surface area contributed by atoms with E-state index in [0.717, 1.165) is 70.1 Å². The molecular formula is C20H31N5O2. The van der Waals surface area contributed by atoms with Gasteiger partial charge in [0.25, 0.3) is 0 Å². The fourth-order valence-electron chi connectivity index (χ4n) is 5.11. The van der Waals surface area contributed by atoms with Crippen LogP contribution in [0.15, 0.2) is 4.52 Å². The van der Waals surface area contributed by atoms with Crippen LogP contribution in [-0.2, 0) is 11.2 Å². The van der Waals surface area contributed by atoms with Crippen LogP contribution in [0.2, 0.25) is 0 Å². The van der Waals surface area contributed by atoms with E-state index in [-0.39, 0.29) is 6.04 Å². The third-order valence-corrected chi connectivity index (χ3v) is 7.13. The third-order valence-electron chi connectivity index (χ3n) is 7.13. The van der Waals surface area contributed by atoms with Crippen molar-refractivity contribution in [2.75, 3.05) is 32.7 Å². The number of likely N-dealkylation sites (tertiary alicyclic amines) is 1. The van der Waals surface area contributed by atoms with Gasteiger partial charge in [0.15, 0.2) is 5.82 Å². The zero-order valence-electron chi connectivity index (χ0n) is 16.1. The molecule has 4 aliphatic rings. The van der Waals surface area contributed by atoms with Crippen molar-refractivity contribution in [2.45, 2.75) is 63.3 Å². The number of amides is 1. The van der Waals surface area contributed by atoms with E-state index in [0.29, 0.717) is 23.2 Å². The van der Waals surface area contributed by atoms with Crippen LogP contribution in [-0.4, -0.2) is 59.7 Å². The molecule has 4 heterocycles. The molecule has 1 saturated carbocycles. The van der Waals surface area contributed by atoms with Gasteiger partial charge in [-0.05, 0) is 69.4 Å². The minimum Gasteiger partial charge on any atom is -0.341 e. The molecule has 1 amide bonds. The van der Waals surface area contributed by atoms with E-state index in [1.165, 1.54) is 25.7 Å². The molecule has 27 heavy (non-hydrogen) atoms. The number of hydrogen-bond donors (Lipinski definition) is 2. The fourth-order valence-corrected chi connectivity index (χ4v) is 5.11. The number of piperidine rings is 2. The zero-order valence-corrected chi connectivity index (χ0v) is 16.1. The first kappa shape index (κ1) is 17.6. The van der Waals surface area contributed by atoms with Crippen LogP contribution in [0.25, 0.3) is 0 Å². The van der Waals surface area contributed by atoms with E-state index in [9.17, 15) is 4.79 Å². The van der Waals surface area contributed by atoms with Gasteiger partial charge in [-0.1, -0.05) is 5.16 Å². The summed E-state index contributed by atoms with van der Waals surface area (Å²) in [5, 5.41) is 11.1. The standard InChI is InChI=1S/C20H31N5O2/c26-19(16-12-20(13-22-16)5-7-21-8-6-20)25-9-3-14(4-10-25)11-17-23-18(27-24-17)15-1-2-15/h14-16,21-22H,1-13H2. The molecule has 0 radical (unpaired) electrons. The Hall–Kier alpha value is -1.47. The molecule has 0 aromatic carbocycles. The molecule has 1 unspecified atom stereocenters. The van der Waals surface area contributed by atoms with E-state index in [1.807, 2.05) is 0 Å². The number of hydrogen-bond acceptors (Lipinski definition) is 6. The van der Waals surface area contributed by atoms with Crippen LogP contribution < -0.4 is 10.6 Å². The van der Waals surface area contributed by atoms with Gasteiger partial charge < -0.3 is 20.1 Å². The quantitative estimate of drug-likeness (QED) is 0.831. The van der Waals surface area contributed by atoms with Crippen molar-refractivity contribution in [3.8, 4) is 0 Å². The SMILES string of the molecule is O=C(C1CC2(CCNCC2)CN1)N1CCC(Cc2noc(C3CC3)n2)CC1. The molecule has 4 fully saturated rings. The van der Waals surface area contributed by atoms with Crippen LogP contribution >= 0.6 is 0 Å². The molecule has 0 bridgehead atoms. The normalized spacial score (nSPS) is 28.7. The molecule has 148 valence electrons. The Balaban J connectivity index is 1.10. The number of carbonyl (C=O) groups is 1. The van der Waals surface area contributed by atoms with Crippen LogP contribution in [0, 0.1) is 11.3 Å². The molecule has 1 atom stereocenters. The Morgan fingerprint density at radius 2 is 1.96 bits per heavy atom. The lowest BCUT2D eigenvalue weighted by atomic mass is 9.77. The Bertz CT molecular complexity index is 672. The fraction of sp³-hybridized carbons (Fsp3) is 0.850. The molecule has 1 spiro atoms. The highest BCUT2D eigenvalue weighted by Crippen LogP contribution is 2.39. The van der Waals surface area contributed by atoms with Gasteiger partial charge in [0.1, 0.15) is 0 Å². The largest absolute Gasteiger partial charge is 0.341 e. The van der Waals surface area contributed by atoms with Crippen LogP contribution in [0.3, 0.4) is 0 Å². The van der Waals surface area contributed by atoms with Crippen molar-refractivity contribution in [3.63, 3.8) is 0 Å². The Morgan fingerprint density at radius 1 is 1.19 bits per heavy atom. The van der Waals surface area contributed by atoms with Crippen molar-refractivity contribution in [1.82, 2.24) is 25.7 Å². The highest BCUT2D eigenvalue weighted by Gasteiger charge is 2.43. The smallest absolute Gasteiger partial charge is 0.239 e. The van der Waals surface area contributed by atoms with E-state index in [2.05, 4.69) is 25.7 Å². The van der Waals surface area contributed by atoms with Gasteiger partial charge in [-0.15, -0.1) is 0 Å². The monoisotopic (exact) mass is 373 g/mol. The second kappa shape index (κ2) is 7.17. The summed E-state index contributed by atoms with van der Waals surface area (Å²) in [6, 6.07) is 0.0259. The van der Waals surface area contributed by atoms with Gasteiger partial charge in [0.05, 0.1) is 6.04 Å². The molecule has 3 saturated heterocycles. The summed E-state index contributed by atoms with van der Waals surface area (Å²) in [7, 11) is 0. The van der Waals surface area contributed by atoms with Crippen molar-refractivity contribution in [3.05, 3.63) is 11.7 Å². The molecule has 1 aromatic rings. The number of rotatable bonds is 4. The van der Waals surface area contributed by atoms with Gasteiger partial charge >= 0.3 is 0 Å². The summed E-state index contributed by atoms with van der Waals surface area (Å²) in [6.45, 7) is 4.91. The van der Waals surface area contributed by atoms with Crippen LogP contribution in [0.5, 0.6) is 0 Å².